The molecule has 0 radical (unpaired) electrons. The van der Waals surface area contributed by atoms with Gasteiger partial charge in [0, 0.05) is 5.56 Å². The van der Waals surface area contributed by atoms with Gasteiger partial charge >= 0.3 is 0 Å². The first kappa shape index (κ1) is 11.5. The maximum Gasteiger partial charge on any atom is 0.146 e. The van der Waals surface area contributed by atoms with Crippen molar-refractivity contribution in [1.82, 2.24) is 9.97 Å². The Kier molecular flexibility index (Phi) is 2.92. The summed E-state index contributed by atoms with van der Waals surface area (Å²) in [5.41, 5.74) is 8.80. The van der Waals surface area contributed by atoms with Gasteiger partial charge in [-0.25, -0.2) is 9.97 Å². The van der Waals surface area contributed by atoms with Crippen LogP contribution in [0.3, 0.4) is 0 Å². The lowest BCUT2D eigenvalue weighted by atomic mass is 9.79. The molecule has 1 aromatic heterocycles. The molecule has 1 aromatic carbocycles. The third kappa shape index (κ3) is 1.95. The molecule has 2 N–H and O–H groups in total. The fourth-order valence-corrected chi connectivity index (χ4v) is 2.47. The van der Waals surface area contributed by atoms with Crippen LogP contribution >= 0.6 is 11.6 Å². The molecule has 18 heavy (non-hydrogen) atoms. The van der Waals surface area contributed by atoms with Crippen LogP contribution in [0.2, 0.25) is 5.02 Å². The van der Waals surface area contributed by atoms with Crippen LogP contribution in [0.15, 0.2) is 30.6 Å². The maximum absolute atomic E-state index is 6.16. The van der Waals surface area contributed by atoms with E-state index in [1.807, 2.05) is 6.07 Å². The largest absolute Gasteiger partial charge is 0.382 e. The van der Waals surface area contributed by atoms with Gasteiger partial charge in [0.25, 0.3) is 0 Å². The van der Waals surface area contributed by atoms with Crippen LogP contribution in [0.4, 0.5) is 5.82 Å². The minimum atomic E-state index is 0.329. The van der Waals surface area contributed by atoms with Gasteiger partial charge in [0.05, 0.1) is 5.69 Å². The molecule has 3 nitrogen and oxygen atoms in total. The van der Waals surface area contributed by atoms with E-state index >= 15 is 0 Å². The molecule has 0 saturated heterocycles. The predicted octanol–water partition coefficient (Wildman–Crippen LogP) is 3.65. The summed E-state index contributed by atoms with van der Waals surface area (Å²) >= 11 is 6.16. The first-order valence-corrected chi connectivity index (χ1v) is 6.50. The Labute approximate surface area is 111 Å². The van der Waals surface area contributed by atoms with Crippen molar-refractivity contribution in [2.75, 3.05) is 5.73 Å². The van der Waals surface area contributed by atoms with Crippen molar-refractivity contribution in [3.63, 3.8) is 0 Å². The summed E-state index contributed by atoms with van der Waals surface area (Å²) in [6.07, 6.45) is 5.34. The lowest BCUT2D eigenvalue weighted by Crippen LogP contribution is -2.08. The Bertz CT molecular complexity index is 579. The molecule has 3 rings (SSSR count). The first-order chi connectivity index (χ1) is 8.75. The van der Waals surface area contributed by atoms with Crippen molar-refractivity contribution in [3.05, 3.63) is 41.2 Å². The van der Waals surface area contributed by atoms with E-state index in [1.54, 1.807) is 0 Å². The number of anilines is 1. The number of nitrogens with zero attached hydrogens (tertiary/aromatic N) is 2. The molecule has 1 saturated carbocycles. The summed E-state index contributed by atoms with van der Waals surface area (Å²) in [5.74, 6) is 1.03. The van der Waals surface area contributed by atoms with Gasteiger partial charge in [0.15, 0.2) is 0 Å². The summed E-state index contributed by atoms with van der Waals surface area (Å²) < 4.78 is 0. The average Bonchev–Trinajstić information content (AvgIpc) is 2.31. The summed E-state index contributed by atoms with van der Waals surface area (Å²) in [6, 6.07) is 8.40. The van der Waals surface area contributed by atoms with Crippen LogP contribution in [0, 0.1) is 0 Å². The molecule has 0 spiro atoms. The Morgan fingerprint density at radius 2 is 2.06 bits per heavy atom. The fraction of sp³-hybridized carbons (Fsp3) is 0.286. The van der Waals surface area contributed by atoms with Gasteiger partial charge in [-0.15, -0.1) is 0 Å². The molecular formula is C14H14ClN3. The summed E-state index contributed by atoms with van der Waals surface area (Å²) in [7, 11) is 0. The molecule has 1 aliphatic rings. The normalized spacial score (nSPS) is 15.4. The highest BCUT2D eigenvalue weighted by Crippen LogP contribution is 2.38. The van der Waals surface area contributed by atoms with Crippen molar-refractivity contribution in [2.24, 2.45) is 0 Å². The topological polar surface area (TPSA) is 51.8 Å². The van der Waals surface area contributed by atoms with Crippen molar-refractivity contribution in [2.45, 2.75) is 25.2 Å². The molecule has 92 valence electrons. The quantitative estimate of drug-likeness (QED) is 0.896. The number of halogens is 1. The SMILES string of the molecule is Nc1ncnc(-c2cccc(C3CCC3)c2)c1Cl. The highest BCUT2D eigenvalue weighted by atomic mass is 35.5. The molecule has 1 fully saturated rings. The average molecular weight is 260 g/mol. The molecule has 4 heteroatoms. The van der Waals surface area contributed by atoms with Crippen molar-refractivity contribution < 1.29 is 0 Å². The number of nitrogens with two attached hydrogens (primary N) is 1. The predicted molar refractivity (Wildman–Crippen MR) is 73.5 cm³/mol. The number of rotatable bonds is 2. The zero-order chi connectivity index (χ0) is 12.5. The summed E-state index contributed by atoms with van der Waals surface area (Å²) in [5, 5.41) is 0.434. The van der Waals surface area contributed by atoms with Gasteiger partial charge in [-0.3, -0.25) is 0 Å². The van der Waals surface area contributed by atoms with E-state index in [9.17, 15) is 0 Å². The standard InChI is InChI=1S/C14H14ClN3/c15-12-13(17-8-18-14(12)16)11-6-2-5-10(7-11)9-3-1-4-9/h2,5-9H,1,3-4H2,(H2,16,17,18). The molecule has 1 heterocycles. The molecular weight excluding hydrogens is 246 g/mol. The fourth-order valence-electron chi connectivity index (χ4n) is 2.27. The highest BCUT2D eigenvalue weighted by Gasteiger charge is 2.20. The lowest BCUT2D eigenvalue weighted by Gasteiger charge is -2.26. The summed E-state index contributed by atoms with van der Waals surface area (Å²) in [4.78, 5) is 8.12. The Morgan fingerprint density at radius 3 is 2.78 bits per heavy atom. The van der Waals surface area contributed by atoms with Crippen LogP contribution in [-0.4, -0.2) is 9.97 Å². The van der Waals surface area contributed by atoms with Crippen LogP contribution in [-0.2, 0) is 0 Å². The number of hydrogen-bond donors (Lipinski definition) is 1. The molecule has 1 aliphatic carbocycles. The van der Waals surface area contributed by atoms with E-state index in [0.717, 1.165) is 5.56 Å². The second-order valence-corrected chi connectivity index (χ2v) is 5.05. The third-order valence-electron chi connectivity index (χ3n) is 3.55. The Hall–Kier alpha value is -1.61. The second-order valence-electron chi connectivity index (χ2n) is 4.67. The van der Waals surface area contributed by atoms with Crippen LogP contribution in [0.1, 0.15) is 30.7 Å². The van der Waals surface area contributed by atoms with Crippen LogP contribution < -0.4 is 5.73 Å². The van der Waals surface area contributed by atoms with Gasteiger partial charge < -0.3 is 5.73 Å². The molecule has 2 aromatic rings. The van der Waals surface area contributed by atoms with E-state index in [-0.39, 0.29) is 0 Å². The number of nitrogen functional groups attached to an aromatic ring is 1. The smallest absolute Gasteiger partial charge is 0.146 e. The molecule has 0 bridgehead atoms. The van der Waals surface area contributed by atoms with E-state index in [4.69, 9.17) is 17.3 Å². The van der Waals surface area contributed by atoms with Crippen molar-refractivity contribution in [3.8, 4) is 11.3 Å². The Balaban J connectivity index is 2.03. The van der Waals surface area contributed by atoms with Gasteiger partial charge in [0.1, 0.15) is 17.2 Å². The minimum Gasteiger partial charge on any atom is -0.382 e. The van der Waals surface area contributed by atoms with Crippen molar-refractivity contribution >= 4 is 17.4 Å². The van der Waals surface area contributed by atoms with E-state index in [1.165, 1.54) is 31.2 Å². The zero-order valence-electron chi connectivity index (χ0n) is 9.94. The second kappa shape index (κ2) is 4.58. The lowest BCUT2D eigenvalue weighted by molar-refractivity contribution is 0.420. The van der Waals surface area contributed by atoms with Gasteiger partial charge in [-0.2, -0.15) is 0 Å². The minimum absolute atomic E-state index is 0.329. The molecule has 0 aliphatic heterocycles. The monoisotopic (exact) mass is 259 g/mol. The number of benzene rings is 1. The number of aromatic nitrogens is 2. The molecule has 0 atom stereocenters. The molecule has 0 amide bonds. The zero-order valence-corrected chi connectivity index (χ0v) is 10.7. The first-order valence-electron chi connectivity index (χ1n) is 6.12. The van der Waals surface area contributed by atoms with Gasteiger partial charge in [-0.1, -0.05) is 36.2 Å². The Morgan fingerprint density at radius 1 is 1.22 bits per heavy atom. The van der Waals surface area contributed by atoms with Gasteiger partial charge in [-0.05, 0) is 30.4 Å². The van der Waals surface area contributed by atoms with E-state index < -0.39 is 0 Å². The van der Waals surface area contributed by atoms with Gasteiger partial charge in [0.2, 0.25) is 0 Å². The third-order valence-corrected chi connectivity index (χ3v) is 3.93. The van der Waals surface area contributed by atoms with Crippen LogP contribution in [0.5, 0.6) is 0 Å². The molecule has 0 unspecified atom stereocenters. The van der Waals surface area contributed by atoms with Crippen molar-refractivity contribution in [1.29, 1.82) is 0 Å². The maximum atomic E-state index is 6.16. The van der Waals surface area contributed by atoms with E-state index in [2.05, 4.69) is 28.2 Å². The highest BCUT2D eigenvalue weighted by molar-refractivity contribution is 6.35. The van der Waals surface area contributed by atoms with E-state index in [0.29, 0.717) is 22.5 Å². The van der Waals surface area contributed by atoms with Crippen LogP contribution in [0.25, 0.3) is 11.3 Å². The number of hydrogen-bond acceptors (Lipinski definition) is 3. The summed E-state index contributed by atoms with van der Waals surface area (Å²) in [6.45, 7) is 0.